The number of carbonyl (C=O) groups excluding carboxylic acids is 2. The van der Waals surface area contributed by atoms with Crippen LogP contribution in [0.5, 0.6) is 11.5 Å². The van der Waals surface area contributed by atoms with E-state index in [0.717, 1.165) is 24.3 Å². The van der Waals surface area contributed by atoms with E-state index >= 15 is 0 Å². The number of para-hydroxylation sites is 1. The molecule has 0 saturated heterocycles. The summed E-state index contributed by atoms with van der Waals surface area (Å²) in [5.41, 5.74) is 0.585. The average Bonchev–Trinajstić information content (AvgIpc) is 2.73. The van der Waals surface area contributed by atoms with Crippen molar-refractivity contribution in [1.82, 2.24) is 0 Å². The van der Waals surface area contributed by atoms with Crippen molar-refractivity contribution in [3.8, 4) is 11.5 Å². The van der Waals surface area contributed by atoms with Gasteiger partial charge in [0.25, 0.3) is 10.1 Å². The normalized spacial score (nSPS) is 11.0. The van der Waals surface area contributed by atoms with E-state index in [1.54, 1.807) is 12.1 Å². The molecular formula is C22H17FO7S. The number of benzene rings is 3. The lowest BCUT2D eigenvalue weighted by atomic mass is 10.2. The number of halogens is 1. The van der Waals surface area contributed by atoms with E-state index in [4.69, 9.17) is 13.7 Å². The van der Waals surface area contributed by atoms with Crippen LogP contribution in [0.2, 0.25) is 0 Å². The van der Waals surface area contributed by atoms with Crippen LogP contribution in [0.15, 0.2) is 77.7 Å². The number of carbonyl (C=O) groups is 2. The summed E-state index contributed by atoms with van der Waals surface area (Å²) in [6.45, 7) is 0.961. The Balaban J connectivity index is 1.64. The summed E-state index contributed by atoms with van der Waals surface area (Å²) in [5.74, 6) is -1.57. The molecule has 3 rings (SSSR count). The van der Waals surface area contributed by atoms with Crippen LogP contribution < -0.4 is 9.47 Å². The summed E-state index contributed by atoms with van der Waals surface area (Å²) in [7, 11) is -4.05. The van der Waals surface area contributed by atoms with Crippen molar-refractivity contribution in [3.63, 3.8) is 0 Å². The lowest BCUT2D eigenvalue weighted by Crippen LogP contribution is -2.12. The highest BCUT2D eigenvalue weighted by Gasteiger charge is 2.17. The van der Waals surface area contributed by atoms with Crippen LogP contribution in [0.1, 0.15) is 22.8 Å². The minimum atomic E-state index is -4.05. The van der Waals surface area contributed by atoms with Gasteiger partial charge in [-0.25, -0.2) is 9.18 Å². The van der Waals surface area contributed by atoms with Gasteiger partial charge in [0.15, 0.2) is 0 Å². The van der Waals surface area contributed by atoms with Crippen LogP contribution in [-0.4, -0.2) is 20.4 Å². The molecule has 0 unspecified atom stereocenters. The van der Waals surface area contributed by atoms with E-state index in [1.165, 1.54) is 43.3 Å². The Labute approximate surface area is 178 Å². The SMILES string of the molecule is CC(=O)Oc1ccccc1C(=O)Oc1ccc(COS(=O)(=O)c2ccc(F)cc2)cc1. The first kappa shape index (κ1) is 22.1. The second-order valence-corrected chi connectivity index (χ2v) is 7.91. The van der Waals surface area contributed by atoms with Crippen molar-refractivity contribution in [2.75, 3.05) is 0 Å². The molecule has 0 heterocycles. The Kier molecular flexibility index (Phi) is 6.78. The van der Waals surface area contributed by atoms with Crippen LogP contribution in [-0.2, 0) is 25.7 Å². The molecule has 0 saturated carbocycles. The van der Waals surface area contributed by atoms with Gasteiger partial charge < -0.3 is 9.47 Å². The molecule has 31 heavy (non-hydrogen) atoms. The van der Waals surface area contributed by atoms with Crippen LogP contribution >= 0.6 is 0 Å². The third kappa shape index (κ3) is 5.97. The van der Waals surface area contributed by atoms with Gasteiger partial charge >= 0.3 is 11.9 Å². The van der Waals surface area contributed by atoms with Gasteiger partial charge in [0.05, 0.1) is 11.5 Å². The zero-order valence-electron chi connectivity index (χ0n) is 16.3. The highest BCUT2D eigenvalue weighted by Crippen LogP contribution is 2.22. The van der Waals surface area contributed by atoms with Gasteiger partial charge in [-0.1, -0.05) is 24.3 Å². The van der Waals surface area contributed by atoms with Gasteiger partial charge in [0.2, 0.25) is 0 Å². The Morgan fingerprint density at radius 3 is 2.16 bits per heavy atom. The molecule has 0 N–H and O–H groups in total. The summed E-state index contributed by atoms with van der Waals surface area (Å²) in [6, 6.07) is 16.4. The average molecular weight is 444 g/mol. The smallest absolute Gasteiger partial charge is 0.347 e. The Bertz CT molecular complexity index is 1190. The minimum Gasteiger partial charge on any atom is -0.426 e. The quantitative estimate of drug-likeness (QED) is 0.310. The minimum absolute atomic E-state index is 0.0792. The second kappa shape index (κ2) is 9.50. The largest absolute Gasteiger partial charge is 0.426 e. The summed E-state index contributed by atoms with van der Waals surface area (Å²) in [5, 5.41) is 0. The molecule has 0 aromatic heterocycles. The molecule has 7 nitrogen and oxygen atoms in total. The summed E-state index contributed by atoms with van der Waals surface area (Å²) in [6.07, 6.45) is 0. The van der Waals surface area contributed by atoms with Crippen molar-refractivity contribution >= 4 is 22.1 Å². The van der Waals surface area contributed by atoms with Crippen molar-refractivity contribution in [3.05, 3.63) is 89.7 Å². The van der Waals surface area contributed by atoms with Gasteiger partial charge in [-0.05, 0) is 54.1 Å². The summed E-state index contributed by atoms with van der Waals surface area (Å²) in [4.78, 5) is 23.4. The highest BCUT2D eigenvalue weighted by atomic mass is 32.2. The molecular weight excluding hydrogens is 427 g/mol. The third-order valence-electron chi connectivity index (χ3n) is 3.98. The van der Waals surface area contributed by atoms with Gasteiger partial charge in [-0.3, -0.25) is 8.98 Å². The Morgan fingerprint density at radius 1 is 0.871 bits per heavy atom. The molecule has 0 bridgehead atoms. The number of hydrogen-bond acceptors (Lipinski definition) is 7. The fourth-order valence-corrected chi connectivity index (χ4v) is 3.41. The van der Waals surface area contributed by atoms with Crippen LogP contribution in [0, 0.1) is 5.82 Å². The Hall–Kier alpha value is -3.56. The predicted molar refractivity (Wildman–Crippen MR) is 108 cm³/mol. The lowest BCUT2D eigenvalue weighted by molar-refractivity contribution is -0.131. The van der Waals surface area contributed by atoms with E-state index in [9.17, 15) is 22.4 Å². The maximum absolute atomic E-state index is 12.9. The monoisotopic (exact) mass is 444 g/mol. The first-order valence-electron chi connectivity index (χ1n) is 8.98. The summed E-state index contributed by atoms with van der Waals surface area (Å²) >= 11 is 0. The summed E-state index contributed by atoms with van der Waals surface area (Å²) < 4.78 is 52.5. The standard InChI is InChI=1S/C22H17FO7S/c1-15(24)29-21-5-3-2-4-20(21)22(25)30-18-10-6-16(7-11-18)14-28-31(26,27)19-12-8-17(23)9-13-19/h2-13H,14H2,1H3. The van der Waals surface area contributed by atoms with E-state index in [2.05, 4.69) is 0 Å². The lowest BCUT2D eigenvalue weighted by Gasteiger charge is -2.09. The third-order valence-corrected chi connectivity index (χ3v) is 5.26. The topological polar surface area (TPSA) is 96.0 Å². The molecule has 160 valence electrons. The molecule has 3 aromatic carbocycles. The maximum Gasteiger partial charge on any atom is 0.347 e. The van der Waals surface area contributed by atoms with E-state index in [-0.39, 0.29) is 28.6 Å². The molecule has 0 atom stereocenters. The van der Waals surface area contributed by atoms with Gasteiger partial charge in [0, 0.05) is 6.92 Å². The van der Waals surface area contributed by atoms with Crippen molar-refractivity contribution < 1.29 is 36.1 Å². The van der Waals surface area contributed by atoms with E-state index < -0.39 is 27.9 Å². The molecule has 0 aliphatic rings. The Morgan fingerprint density at radius 2 is 1.52 bits per heavy atom. The number of ether oxygens (including phenoxy) is 2. The number of esters is 2. The maximum atomic E-state index is 12.9. The number of hydrogen-bond donors (Lipinski definition) is 0. The molecule has 3 aromatic rings. The number of rotatable bonds is 7. The second-order valence-electron chi connectivity index (χ2n) is 6.29. The first-order valence-corrected chi connectivity index (χ1v) is 10.4. The van der Waals surface area contributed by atoms with Crippen molar-refractivity contribution in [1.29, 1.82) is 0 Å². The van der Waals surface area contributed by atoms with Crippen molar-refractivity contribution in [2.24, 2.45) is 0 Å². The van der Waals surface area contributed by atoms with Gasteiger partial charge in [0.1, 0.15) is 22.9 Å². The van der Waals surface area contributed by atoms with Crippen LogP contribution in [0.4, 0.5) is 4.39 Å². The fourth-order valence-electron chi connectivity index (χ4n) is 2.51. The fraction of sp³-hybridized carbons (Fsp3) is 0.0909. The zero-order valence-corrected chi connectivity index (χ0v) is 17.1. The highest BCUT2D eigenvalue weighted by molar-refractivity contribution is 7.86. The van der Waals surface area contributed by atoms with E-state index in [0.29, 0.717) is 5.56 Å². The molecule has 0 aliphatic heterocycles. The molecule has 0 aliphatic carbocycles. The zero-order chi connectivity index (χ0) is 22.4. The first-order chi connectivity index (χ1) is 14.7. The van der Waals surface area contributed by atoms with Crippen molar-refractivity contribution in [2.45, 2.75) is 18.4 Å². The van der Waals surface area contributed by atoms with Gasteiger partial charge in [-0.15, -0.1) is 0 Å². The molecule has 0 amide bonds. The van der Waals surface area contributed by atoms with Crippen LogP contribution in [0.3, 0.4) is 0 Å². The molecule has 0 fully saturated rings. The predicted octanol–water partition coefficient (Wildman–Crippen LogP) is 3.88. The van der Waals surface area contributed by atoms with E-state index in [1.807, 2.05) is 0 Å². The molecule has 0 radical (unpaired) electrons. The molecule has 0 spiro atoms. The van der Waals surface area contributed by atoms with Crippen LogP contribution in [0.25, 0.3) is 0 Å². The van der Waals surface area contributed by atoms with Gasteiger partial charge in [-0.2, -0.15) is 8.42 Å². The molecule has 9 heteroatoms.